The number of fused-ring (bicyclic) bond motifs is 1. The van der Waals surface area contributed by atoms with Crippen molar-refractivity contribution in [1.29, 1.82) is 0 Å². The third-order valence-electron chi connectivity index (χ3n) is 3.10. The van der Waals surface area contributed by atoms with Crippen molar-refractivity contribution < 1.29 is 9.15 Å². The number of hydrogen-bond acceptors (Lipinski definition) is 3. The summed E-state index contributed by atoms with van der Waals surface area (Å²) in [5, 5.41) is 4.59. The van der Waals surface area contributed by atoms with Crippen LogP contribution in [-0.4, -0.2) is 19.7 Å². The maximum Gasteiger partial charge on any atom is 0.134 e. The minimum absolute atomic E-state index is 0.761. The molecule has 0 aliphatic carbocycles. The van der Waals surface area contributed by atoms with Gasteiger partial charge in [-0.15, -0.1) is 0 Å². The molecular formula is C16H23NO2. The highest BCUT2D eigenvalue weighted by molar-refractivity contribution is 5.82. The quantitative estimate of drug-likeness (QED) is 0.735. The molecule has 2 rings (SSSR count). The number of furan rings is 1. The number of ether oxygens (including phenoxy) is 1. The van der Waals surface area contributed by atoms with E-state index < -0.39 is 0 Å². The largest absolute Gasteiger partial charge is 0.494 e. The van der Waals surface area contributed by atoms with Crippen molar-refractivity contribution in [3.8, 4) is 5.75 Å². The zero-order valence-electron chi connectivity index (χ0n) is 11.9. The number of nitrogens with one attached hydrogen (secondary N) is 1. The zero-order valence-corrected chi connectivity index (χ0v) is 11.9. The molecule has 104 valence electrons. The lowest BCUT2D eigenvalue weighted by Gasteiger charge is -2.05. The van der Waals surface area contributed by atoms with E-state index in [1.807, 2.05) is 18.4 Å². The lowest BCUT2D eigenvalue weighted by atomic mass is 10.1. The molecule has 0 saturated carbocycles. The molecule has 0 amide bonds. The molecule has 0 bridgehead atoms. The second-order valence-corrected chi connectivity index (χ2v) is 4.77. The van der Waals surface area contributed by atoms with Gasteiger partial charge in [-0.2, -0.15) is 0 Å². The van der Waals surface area contributed by atoms with Crippen molar-refractivity contribution in [3.05, 3.63) is 30.0 Å². The molecule has 19 heavy (non-hydrogen) atoms. The summed E-state index contributed by atoms with van der Waals surface area (Å²) in [6.45, 7) is 7.11. The maximum atomic E-state index is 5.67. The fourth-order valence-electron chi connectivity index (χ4n) is 2.09. The van der Waals surface area contributed by atoms with Crippen LogP contribution in [0, 0.1) is 0 Å². The molecule has 0 atom stereocenters. The Labute approximate surface area is 114 Å². The zero-order chi connectivity index (χ0) is 13.5. The molecule has 3 heteroatoms. The van der Waals surface area contributed by atoms with E-state index in [2.05, 4.69) is 25.2 Å². The average molecular weight is 261 g/mol. The van der Waals surface area contributed by atoms with E-state index in [9.17, 15) is 0 Å². The van der Waals surface area contributed by atoms with E-state index >= 15 is 0 Å². The van der Waals surface area contributed by atoms with E-state index in [0.717, 1.165) is 43.9 Å². The van der Waals surface area contributed by atoms with Gasteiger partial charge in [0.15, 0.2) is 0 Å². The van der Waals surface area contributed by atoms with Gasteiger partial charge in [0.05, 0.1) is 12.9 Å². The SMILES string of the molecule is CCCNCCc1coc2ccc(OCCC)cc12. The molecule has 1 heterocycles. The van der Waals surface area contributed by atoms with Crippen molar-refractivity contribution in [2.45, 2.75) is 33.1 Å². The van der Waals surface area contributed by atoms with E-state index in [0.29, 0.717) is 0 Å². The molecule has 1 N–H and O–H groups in total. The average Bonchev–Trinajstić information content (AvgIpc) is 2.84. The molecule has 1 aromatic heterocycles. The predicted molar refractivity (Wildman–Crippen MR) is 78.9 cm³/mol. The highest BCUT2D eigenvalue weighted by Gasteiger charge is 2.07. The highest BCUT2D eigenvalue weighted by Crippen LogP contribution is 2.26. The molecule has 0 fully saturated rings. The minimum Gasteiger partial charge on any atom is -0.494 e. The maximum absolute atomic E-state index is 5.67. The van der Waals surface area contributed by atoms with Crippen molar-refractivity contribution >= 4 is 11.0 Å². The lowest BCUT2D eigenvalue weighted by molar-refractivity contribution is 0.318. The second kappa shape index (κ2) is 7.19. The number of hydrogen-bond donors (Lipinski definition) is 1. The first-order valence-electron chi connectivity index (χ1n) is 7.18. The van der Waals surface area contributed by atoms with Crippen LogP contribution in [0.2, 0.25) is 0 Å². The predicted octanol–water partition coefficient (Wildman–Crippen LogP) is 3.76. The highest BCUT2D eigenvalue weighted by atomic mass is 16.5. The van der Waals surface area contributed by atoms with Gasteiger partial charge in [0.2, 0.25) is 0 Å². The normalized spacial score (nSPS) is 11.1. The Balaban J connectivity index is 2.06. The number of rotatable bonds is 8. The third-order valence-corrected chi connectivity index (χ3v) is 3.10. The van der Waals surface area contributed by atoms with Crippen molar-refractivity contribution in [2.24, 2.45) is 0 Å². The molecule has 0 saturated heterocycles. The van der Waals surface area contributed by atoms with Crippen LogP contribution in [0.1, 0.15) is 32.3 Å². The van der Waals surface area contributed by atoms with Crippen LogP contribution in [0.25, 0.3) is 11.0 Å². The summed E-state index contributed by atoms with van der Waals surface area (Å²) in [6.07, 6.45) is 5.05. The summed E-state index contributed by atoms with van der Waals surface area (Å²) >= 11 is 0. The van der Waals surface area contributed by atoms with Crippen molar-refractivity contribution in [1.82, 2.24) is 5.32 Å². The van der Waals surface area contributed by atoms with Crippen LogP contribution in [0.15, 0.2) is 28.9 Å². The van der Waals surface area contributed by atoms with Crippen molar-refractivity contribution in [2.75, 3.05) is 19.7 Å². The molecule has 0 aliphatic rings. The summed E-state index contributed by atoms with van der Waals surface area (Å²) in [7, 11) is 0. The summed E-state index contributed by atoms with van der Waals surface area (Å²) in [5.41, 5.74) is 2.19. The van der Waals surface area contributed by atoms with Gasteiger partial charge < -0.3 is 14.5 Å². The van der Waals surface area contributed by atoms with Gasteiger partial charge >= 0.3 is 0 Å². The Bertz CT molecular complexity index is 504. The Kier molecular flexibility index (Phi) is 5.28. The van der Waals surface area contributed by atoms with Crippen molar-refractivity contribution in [3.63, 3.8) is 0 Å². The molecule has 3 nitrogen and oxygen atoms in total. The number of benzene rings is 1. The third kappa shape index (κ3) is 3.74. The first kappa shape index (κ1) is 13.9. The van der Waals surface area contributed by atoms with Gasteiger partial charge in [0.25, 0.3) is 0 Å². The van der Waals surface area contributed by atoms with Gasteiger partial charge in [0.1, 0.15) is 11.3 Å². The van der Waals surface area contributed by atoms with Crippen LogP contribution in [0.3, 0.4) is 0 Å². The van der Waals surface area contributed by atoms with E-state index in [-0.39, 0.29) is 0 Å². The van der Waals surface area contributed by atoms with E-state index in [4.69, 9.17) is 9.15 Å². The van der Waals surface area contributed by atoms with Crippen LogP contribution in [0.5, 0.6) is 5.75 Å². The van der Waals surface area contributed by atoms with Gasteiger partial charge in [0, 0.05) is 5.39 Å². The Hall–Kier alpha value is -1.48. The van der Waals surface area contributed by atoms with E-state index in [1.54, 1.807) is 0 Å². The second-order valence-electron chi connectivity index (χ2n) is 4.77. The van der Waals surface area contributed by atoms with Crippen LogP contribution < -0.4 is 10.1 Å². The summed E-state index contributed by atoms with van der Waals surface area (Å²) < 4.78 is 11.3. The Morgan fingerprint density at radius 1 is 1.16 bits per heavy atom. The molecule has 2 aromatic rings. The lowest BCUT2D eigenvalue weighted by Crippen LogP contribution is -2.17. The molecule has 0 aliphatic heterocycles. The summed E-state index contributed by atoms with van der Waals surface area (Å²) in [6, 6.07) is 6.05. The topological polar surface area (TPSA) is 34.4 Å². The van der Waals surface area contributed by atoms with Crippen LogP contribution in [0.4, 0.5) is 0 Å². The van der Waals surface area contributed by atoms with E-state index in [1.165, 1.54) is 17.4 Å². The molecule has 0 spiro atoms. The van der Waals surface area contributed by atoms with Gasteiger partial charge in [-0.05, 0) is 56.1 Å². The van der Waals surface area contributed by atoms with Crippen LogP contribution >= 0.6 is 0 Å². The summed E-state index contributed by atoms with van der Waals surface area (Å²) in [4.78, 5) is 0. The fraction of sp³-hybridized carbons (Fsp3) is 0.500. The first-order valence-corrected chi connectivity index (χ1v) is 7.18. The minimum atomic E-state index is 0.761. The Morgan fingerprint density at radius 3 is 2.84 bits per heavy atom. The van der Waals surface area contributed by atoms with Gasteiger partial charge in [-0.25, -0.2) is 0 Å². The standard InChI is InChI=1S/C16H23NO2/c1-3-8-17-9-7-13-12-19-16-6-5-14(11-15(13)16)18-10-4-2/h5-6,11-12,17H,3-4,7-10H2,1-2H3. The van der Waals surface area contributed by atoms with Gasteiger partial charge in [-0.3, -0.25) is 0 Å². The monoisotopic (exact) mass is 261 g/mol. The molecule has 1 aromatic carbocycles. The van der Waals surface area contributed by atoms with Crippen LogP contribution in [-0.2, 0) is 6.42 Å². The molecule has 0 unspecified atom stereocenters. The summed E-state index contributed by atoms with van der Waals surface area (Å²) in [5.74, 6) is 0.929. The van der Waals surface area contributed by atoms with Gasteiger partial charge in [-0.1, -0.05) is 13.8 Å². The molecular weight excluding hydrogens is 238 g/mol. The Morgan fingerprint density at radius 2 is 2.05 bits per heavy atom. The molecule has 0 radical (unpaired) electrons. The first-order chi connectivity index (χ1) is 9.35. The fourth-order valence-corrected chi connectivity index (χ4v) is 2.09. The smallest absolute Gasteiger partial charge is 0.134 e.